The van der Waals surface area contributed by atoms with Crippen LogP contribution in [0.25, 0.3) is 0 Å². The number of piperidine rings is 1. The van der Waals surface area contributed by atoms with Gasteiger partial charge in [-0.3, -0.25) is 14.4 Å². The number of Topliss-reactive ketones (excluding diaryl/α,β-unsaturated/α-hetero) is 1. The van der Waals surface area contributed by atoms with Crippen LogP contribution in [0.15, 0.2) is 48.5 Å². The van der Waals surface area contributed by atoms with Gasteiger partial charge in [0, 0.05) is 46.4 Å². The van der Waals surface area contributed by atoms with Crippen LogP contribution in [-0.2, 0) is 4.79 Å². The number of carbonyl (C=O) groups excluding carboxylic acids is 3. The average molecular weight is 455 g/mol. The van der Waals surface area contributed by atoms with Gasteiger partial charge in [0.05, 0.1) is 6.04 Å². The lowest BCUT2D eigenvalue weighted by molar-refractivity contribution is -0.142. The van der Waals surface area contributed by atoms with Gasteiger partial charge in [-0.1, -0.05) is 23.7 Å². The SMILES string of the molecule is C[C@@H](C(=O)c1cccc(Cl)c1)N(C(=O)C1CCN(c2ccc(C=O)cc2)CC1)C(C)(C)C. The quantitative estimate of drug-likeness (QED) is 0.441. The second-order valence-corrected chi connectivity index (χ2v) is 9.84. The lowest BCUT2D eigenvalue weighted by atomic mass is 9.90. The second-order valence-electron chi connectivity index (χ2n) is 9.40. The molecule has 0 aromatic heterocycles. The summed E-state index contributed by atoms with van der Waals surface area (Å²) in [6.07, 6.45) is 2.28. The summed E-state index contributed by atoms with van der Waals surface area (Å²) >= 11 is 6.07. The predicted octanol–water partition coefficient (Wildman–Crippen LogP) is 5.27. The number of nitrogens with zero attached hydrogens (tertiary/aromatic N) is 2. The summed E-state index contributed by atoms with van der Waals surface area (Å²) in [6, 6.07) is 13.8. The smallest absolute Gasteiger partial charge is 0.226 e. The molecule has 1 amide bonds. The Morgan fingerprint density at radius 2 is 1.72 bits per heavy atom. The molecule has 0 aliphatic carbocycles. The Balaban J connectivity index is 1.72. The molecule has 2 aromatic rings. The van der Waals surface area contributed by atoms with E-state index in [4.69, 9.17) is 11.6 Å². The van der Waals surface area contributed by atoms with Gasteiger partial charge in [0.25, 0.3) is 0 Å². The molecule has 1 saturated heterocycles. The van der Waals surface area contributed by atoms with Crippen LogP contribution >= 0.6 is 11.6 Å². The van der Waals surface area contributed by atoms with Crippen molar-refractivity contribution in [1.29, 1.82) is 0 Å². The molecule has 3 rings (SSSR count). The molecule has 1 aliphatic heterocycles. The second kappa shape index (κ2) is 9.86. The van der Waals surface area contributed by atoms with E-state index in [1.807, 2.05) is 45.0 Å². The number of amides is 1. The third kappa shape index (κ3) is 5.39. The summed E-state index contributed by atoms with van der Waals surface area (Å²) in [5.41, 5.74) is 1.73. The summed E-state index contributed by atoms with van der Waals surface area (Å²) in [4.78, 5) is 41.6. The number of ketones is 1. The lowest BCUT2D eigenvalue weighted by Crippen LogP contribution is -2.56. The van der Waals surface area contributed by atoms with E-state index in [0.29, 0.717) is 16.1 Å². The third-order valence-corrected chi connectivity index (χ3v) is 6.31. The highest BCUT2D eigenvalue weighted by Crippen LogP contribution is 2.29. The molecule has 1 aliphatic rings. The molecular formula is C26H31ClN2O3. The van der Waals surface area contributed by atoms with Crippen molar-refractivity contribution in [2.75, 3.05) is 18.0 Å². The van der Waals surface area contributed by atoms with E-state index in [1.54, 1.807) is 36.1 Å². The van der Waals surface area contributed by atoms with Crippen LogP contribution < -0.4 is 4.90 Å². The standard InChI is InChI=1S/C26H31ClN2O3/c1-18(24(31)21-6-5-7-22(27)16-21)29(26(2,3)4)25(32)20-12-14-28(15-13-20)23-10-8-19(17-30)9-11-23/h5-11,16-18,20H,12-15H2,1-4H3/t18-/m0/s1. The number of hydrogen-bond donors (Lipinski definition) is 0. The van der Waals surface area contributed by atoms with Gasteiger partial charge in [-0.2, -0.15) is 0 Å². The van der Waals surface area contributed by atoms with Crippen LogP contribution in [0.1, 0.15) is 61.3 Å². The fourth-order valence-electron chi connectivity index (χ4n) is 4.45. The van der Waals surface area contributed by atoms with Crippen molar-refractivity contribution in [3.63, 3.8) is 0 Å². The van der Waals surface area contributed by atoms with E-state index < -0.39 is 11.6 Å². The van der Waals surface area contributed by atoms with E-state index in [0.717, 1.165) is 37.9 Å². The summed E-state index contributed by atoms with van der Waals surface area (Å²) in [5, 5.41) is 0.505. The van der Waals surface area contributed by atoms with E-state index in [2.05, 4.69) is 4.90 Å². The predicted molar refractivity (Wildman–Crippen MR) is 129 cm³/mol. The van der Waals surface area contributed by atoms with E-state index in [9.17, 15) is 14.4 Å². The topological polar surface area (TPSA) is 57.7 Å². The molecule has 1 heterocycles. The van der Waals surface area contributed by atoms with Crippen molar-refractivity contribution in [3.8, 4) is 0 Å². The Bertz CT molecular complexity index is 973. The van der Waals surface area contributed by atoms with Gasteiger partial charge in [0.1, 0.15) is 6.29 Å². The Labute approximate surface area is 195 Å². The molecule has 1 fully saturated rings. The maximum Gasteiger partial charge on any atom is 0.226 e. The molecule has 0 radical (unpaired) electrons. The molecule has 0 N–H and O–H groups in total. The molecule has 170 valence electrons. The number of carbonyl (C=O) groups is 3. The van der Waals surface area contributed by atoms with Gasteiger partial charge in [-0.15, -0.1) is 0 Å². The molecule has 32 heavy (non-hydrogen) atoms. The van der Waals surface area contributed by atoms with Crippen molar-refractivity contribution in [3.05, 3.63) is 64.7 Å². The minimum Gasteiger partial charge on any atom is -0.371 e. The van der Waals surface area contributed by atoms with Gasteiger partial charge in [-0.05, 0) is 76.9 Å². The summed E-state index contributed by atoms with van der Waals surface area (Å²) < 4.78 is 0. The van der Waals surface area contributed by atoms with Crippen LogP contribution in [0.5, 0.6) is 0 Å². The zero-order valence-electron chi connectivity index (χ0n) is 19.2. The van der Waals surface area contributed by atoms with Crippen molar-refractivity contribution < 1.29 is 14.4 Å². The monoisotopic (exact) mass is 454 g/mol. The molecule has 5 nitrogen and oxygen atoms in total. The Morgan fingerprint density at radius 1 is 1.09 bits per heavy atom. The number of anilines is 1. The molecule has 0 saturated carbocycles. The molecule has 6 heteroatoms. The van der Waals surface area contributed by atoms with Crippen molar-refractivity contribution >= 4 is 35.3 Å². The van der Waals surface area contributed by atoms with E-state index >= 15 is 0 Å². The third-order valence-electron chi connectivity index (χ3n) is 6.07. The van der Waals surface area contributed by atoms with Gasteiger partial charge in [0.2, 0.25) is 5.91 Å². The fourth-order valence-corrected chi connectivity index (χ4v) is 4.64. The van der Waals surface area contributed by atoms with Crippen LogP contribution in [-0.4, -0.2) is 47.5 Å². The van der Waals surface area contributed by atoms with Gasteiger partial charge < -0.3 is 9.80 Å². The Morgan fingerprint density at radius 3 is 2.25 bits per heavy atom. The fraction of sp³-hybridized carbons (Fsp3) is 0.423. The zero-order chi connectivity index (χ0) is 23.5. The van der Waals surface area contributed by atoms with Crippen LogP contribution in [0.4, 0.5) is 5.69 Å². The van der Waals surface area contributed by atoms with Crippen molar-refractivity contribution in [2.24, 2.45) is 5.92 Å². The van der Waals surface area contributed by atoms with E-state index in [-0.39, 0.29) is 17.6 Å². The highest BCUT2D eigenvalue weighted by Gasteiger charge is 2.39. The maximum atomic E-state index is 13.6. The molecule has 2 aromatic carbocycles. The van der Waals surface area contributed by atoms with Gasteiger partial charge in [-0.25, -0.2) is 0 Å². The molecule has 0 bridgehead atoms. The number of halogens is 1. The Kier molecular flexibility index (Phi) is 7.40. The summed E-state index contributed by atoms with van der Waals surface area (Å²) in [5.74, 6) is -0.214. The zero-order valence-corrected chi connectivity index (χ0v) is 19.9. The van der Waals surface area contributed by atoms with Crippen LogP contribution in [0.3, 0.4) is 0 Å². The number of aldehydes is 1. The largest absolute Gasteiger partial charge is 0.371 e. The van der Waals surface area contributed by atoms with Crippen molar-refractivity contribution in [1.82, 2.24) is 4.90 Å². The molecule has 0 unspecified atom stereocenters. The molecule has 0 spiro atoms. The van der Waals surface area contributed by atoms with Gasteiger partial charge >= 0.3 is 0 Å². The Hall–Kier alpha value is -2.66. The molecule has 1 atom stereocenters. The van der Waals surface area contributed by atoms with Crippen molar-refractivity contribution in [2.45, 2.75) is 52.1 Å². The molecular weight excluding hydrogens is 424 g/mol. The highest BCUT2D eigenvalue weighted by molar-refractivity contribution is 6.31. The minimum absolute atomic E-state index is 0.0244. The maximum absolute atomic E-state index is 13.6. The first-order valence-corrected chi connectivity index (χ1v) is 11.4. The first kappa shape index (κ1) is 24.0. The summed E-state index contributed by atoms with van der Waals surface area (Å²) in [7, 11) is 0. The normalized spacial score (nSPS) is 15.8. The number of benzene rings is 2. The van der Waals surface area contributed by atoms with E-state index in [1.165, 1.54) is 0 Å². The number of rotatable bonds is 6. The minimum atomic E-state index is -0.588. The average Bonchev–Trinajstić information content (AvgIpc) is 2.77. The first-order valence-electron chi connectivity index (χ1n) is 11.0. The summed E-state index contributed by atoms with van der Waals surface area (Å²) in [6.45, 7) is 9.22. The van der Waals surface area contributed by atoms with Crippen LogP contribution in [0, 0.1) is 5.92 Å². The number of hydrogen-bond acceptors (Lipinski definition) is 4. The lowest BCUT2D eigenvalue weighted by Gasteiger charge is -2.43. The first-order chi connectivity index (χ1) is 15.1. The van der Waals surface area contributed by atoms with Crippen LogP contribution in [0.2, 0.25) is 5.02 Å². The highest BCUT2D eigenvalue weighted by atomic mass is 35.5. The van der Waals surface area contributed by atoms with Gasteiger partial charge in [0.15, 0.2) is 5.78 Å².